The van der Waals surface area contributed by atoms with E-state index in [2.05, 4.69) is 10.1 Å². The van der Waals surface area contributed by atoms with Gasteiger partial charge in [-0.15, -0.1) is 0 Å². The van der Waals surface area contributed by atoms with Crippen molar-refractivity contribution >= 4 is 11.7 Å². The molecular weight excluding hydrogens is 289 g/mol. The summed E-state index contributed by atoms with van der Waals surface area (Å²) in [5, 5.41) is 11.2. The Hall–Kier alpha value is -2.32. The molecule has 1 aromatic heterocycles. The summed E-state index contributed by atoms with van der Waals surface area (Å²) in [6, 6.07) is 1.83. The van der Waals surface area contributed by atoms with E-state index in [-0.39, 0.29) is 24.5 Å². The number of pyridine rings is 1. The number of amides is 1. The van der Waals surface area contributed by atoms with Crippen molar-refractivity contribution in [2.24, 2.45) is 10.9 Å². The third-order valence-electron chi connectivity index (χ3n) is 2.75. The molecule has 9 heteroatoms. The standard InChI is InChI=1S/C12H15F3N4O2/c1-2-19(6-5-10(16)18-21)11(20)9-4-3-8(7-17-9)12(13,14)15/h3-4,7,21H,2,5-6H2,1H3,(H2,16,18). The van der Waals surface area contributed by atoms with Crippen LogP contribution in [0.25, 0.3) is 0 Å². The number of aromatic nitrogens is 1. The van der Waals surface area contributed by atoms with Crippen LogP contribution in [0.1, 0.15) is 29.4 Å². The number of nitrogens with zero attached hydrogens (tertiary/aromatic N) is 3. The second-order valence-corrected chi connectivity index (χ2v) is 4.16. The Bertz CT molecular complexity index is 514. The Balaban J connectivity index is 2.81. The molecule has 0 saturated heterocycles. The van der Waals surface area contributed by atoms with Crippen molar-refractivity contribution in [3.63, 3.8) is 0 Å². The van der Waals surface area contributed by atoms with Crippen LogP contribution in [0, 0.1) is 0 Å². The molecule has 0 atom stereocenters. The molecule has 0 unspecified atom stereocenters. The van der Waals surface area contributed by atoms with Crippen LogP contribution in [-0.4, -0.2) is 39.9 Å². The molecule has 0 aliphatic rings. The lowest BCUT2D eigenvalue weighted by Gasteiger charge is -2.20. The van der Waals surface area contributed by atoms with E-state index >= 15 is 0 Å². The fraction of sp³-hybridized carbons (Fsp3) is 0.417. The highest BCUT2D eigenvalue weighted by atomic mass is 19.4. The van der Waals surface area contributed by atoms with Crippen LogP contribution >= 0.6 is 0 Å². The van der Waals surface area contributed by atoms with Crippen LogP contribution in [0.2, 0.25) is 0 Å². The largest absolute Gasteiger partial charge is 0.417 e. The molecule has 21 heavy (non-hydrogen) atoms. The number of hydrogen-bond acceptors (Lipinski definition) is 4. The second kappa shape index (κ2) is 6.91. The maximum absolute atomic E-state index is 12.4. The number of rotatable bonds is 5. The summed E-state index contributed by atoms with van der Waals surface area (Å²) in [5.41, 5.74) is 4.29. The Kier molecular flexibility index (Phi) is 5.51. The molecule has 0 radical (unpaired) electrons. The molecular formula is C12H15F3N4O2. The van der Waals surface area contributed by atoms with Crippen molar-refractivity contribution in [2.75, 3.05) is 13.1 Å². The molecule has 0 fully saturated rings. The van der Waals surface area contributed by atoms with Crippen LogP contribution in [-0.2, 0) is 6.18 Å². The highest BCUT2D eigenvalue weighted by Gasteiger charge is 2.31. The third-order valence-corrected chi connectivity index (χ3v) is 2.75. The summed E-state index contributed by atoms with van der Waals surface area (Å²) in [6.07, 6.45) is -3.73. The molecule has 6 nitrogen and oxygen atoms in total. The molecule has 116 valence electrons. The number of oxime groups is 1. The van der Waals surface area contributed by atoms with Gasteiger partial charge < -0.3 is 15.8 Å². The molecule has 0 bridgehead atoms. The number of carbonyl (C=O) groups excluding carboxylic acids is 1. The van der Waals surface area contributed by atoms with Gasteiger partial charge >= 0.3 is 6.18 Å². The molecule has 0 saturated carbocycles. The monoisotopic (exact) mass is 304 g/mol. The minimum absolute atomic E-state index is 0.0402. The van der Waals surface area contributed by atoms with Crippen molar-refractivity contribution in [1.29, 1.82) is 0 Å². The van der Waals surface area contributed by atoms with Gasteiger partial charge in [-0.1, -0.05) is 5.16 Å². The van der Waals surface area contributed by atoms with Crippen LogP contribution in [0.3, 0.4) is 0 Å². The van der Waals surface area contributed by atoms with Crippen molar-refractivity contribution in [2.45, 2.75) is 19.5 Å². The van der Waals surface area contributed by atoms with E-state index in [0.29, 0.717) is 12.7 Å². The zero-order chi connectivity index (χ0) is 16.0. The number of carbonyl (C=O) groups is 1. The molecule has 1 heterocycles. The van der Waals surface area contributed by atoms with Crippen LogP contribution in [0.4, 0.5) is 13.2 Å². The van der Waals surface area contributed by atoms with Gasteiger partial charge in [0.1, 0.15) is 11.5 Å². The number of amidine groups is 1. The smallest absolute Gasteiger partial charge is 0.409 e. The number of halogens is 3. The molecule has 3 N–H and O–H groups in total. The number of alkyl halides is 3. The van der Waals surface area contributed by atoms with Crippen molar-refractivity contribution in [3.8, 4) is 0 Å². The van der Waals surface area contributed by atoms with E-state index in [1.807, 2.05) is 0 Å². The predicted octanol–water partition coefficient (Wildman–Crippen LogP) is 1.70. The Morgan fingerprint density at radius 1 is 1.48 bits per heavy atom. The summed E-state index contributed by atoms with van der Waals surface area (Å²) in [7, 11) is 0. The number of hydrogen-bond donors (Lipinski definition) is 2. The summed E-state index contributed by atoms with van der Waals surface area (Å²) < 4.78 is 37.2. The van der Waals surface area contributed by atoms with E-state index in [1.165, 1.54) is 4.90 Å². The van der Waals surface area contributed by atoms with Crippen molar-refractivity contribution < 1.29 is 23.2 Å². The minimum Gasteiger partial charge on any atom is -0.409 e. The second-order valence-electron chi connectivity index (χ2n) is 4.16. The zero-order valence-corrected chi connectivity index (χ0v) is 11.3. The van der Waals surface area contributed by atoms with Gasteiger partial charge in [-0.05, 0) is 19.1 Å². The highest BCUT2D eigenvalue weighted by Crippen LogP contribution is 2.28. The van der Waals surface area contributed by atoms with Crippen LogP contribution < -0.4 is 5.73 Å². The summed E-state index contributed by atoms with van der Waals surface area (Å²) >= 11 is 0. The summed E-state index contributed by atoms with van der Waals surface area (Å²) in [5.74, 6) is -0.557. The van der Waals surface area contributed by atoms with Gasteiger partial charge in [-0.25, -0.2) is 0 Å². The van der Waals surface area contributed by atoms with Gasteiger partial charge in [0.15, 0.2) is 0 Å². The Morgan fingerprint density at radius 3 is 2.57 bits per heavy atom. The van der Waals surface area contributed by atoms with E-state index in [1.54, 1.807) is 6.92 Å². The predicted molar refractivity (Wildman–Crippen MR) is 68.8 cm³/mol. The lowest BCUT2D eigenvalue weighted by molar-refractivity contribution is -0.137. The Labute approximate surface area is 119 Å². The first-order chi connectivity index (χ1) is 9.79. The van der Waals surface area contributed by atoms with Gasteiger partial charge in [-0.2, -0.15) is 13.2 Å². The number of nitrogens with two attached hydrogens (primary N) is 1. The molecule has 0 aromatic carbocycles. The first-order valence-corrected chi connectivity index (χ1v) is 6.08. The first-order valence-electron chi connectivity index (χ1n) is 6.08. The Morgan fingerprint density at radius 2 is 2.14 bits per heavy atom. The highest BCUT2D eigenvalue weighted by molar-refractivity contribution is 5.92. The lowest BCUT2D eigenvalue weighted by atomic mass is 10.2. The topological polar surface area (TPSA) is 91.8 Å². The van der Waals surface area contributed by atoms with Crippen molar-refractivity contribution in [3.05, 3.63) is 29.6 Å². The quantitative estimate of drug-likeness (QED) is 0.375. The van der Waals surface area contributed by atoms with Crippen LogP contribution in [0.15, 0.2) is 23.5 Å². The normalized spacial score (nSPS) is 12.3. The maximum atomic E-state index is 12.4. The molecule has 0 aliphatic heterocycles. The van der Waals surface area contributed by atoms with Gasteiger partial charge in [-0.3, -0.25) is 9.78 Å². The van der Waals surface area contributed by atoms with E-state index in [9.17, 15) is 18.0 Å². The third kappa shape index (κ3) is 4.62. The van der Waals surface area contributed by atoms with E-state index < -0.39 is 17.6 Å². The maximum Gasteiger partial charge on any atom is 0.417 e. The molecule has 1 amide bonds. The summed E-state index contributed by atoms with van der Waals surface area (Å²) in [4.78, 5) is 17.0. The average Bonchev–Trinajstić information content (AvgIpc) is 2.46. The summed E-state index contributed by atoms with van der Waals surface area (Å²) in [6.45, 7) is 2.20. The van der Waals surface area contributed by atoms with Crippen molar-refractivity contribution in [1.82, 2.24) is 9.88 Å². The van der Waals surface area contributed by atoms with Gasteiger partial charge in [0, 0.05) is 25.7 Å². The molecule has 0 aliphatic carbocycles. The fourth-order valence-corrected chi connectivity index (χ4v) is 1.55. The molecule has 1 aromatic rings. The van der Waals surface area contributed by atoms with Gasteiger partial charge in [0.25, 0.3) is 5.91 Å². The first kappa shape index (κ1) is 16.7. The lowest BCUT2D eigenvalue weighted by Crippen LogP contribution is -2.34. The average molecular weight is 304 g/mol. The van der Waals surface area contributed by atoms with Gasteiger partial charge in [0.2, 0.25) is 0 Å². The molecule has 0 spiro atoms. The van der Waals surface area contributed by atoms with E-state index in [4.69, 9.17) is 10.9 Å². The van der Waals surface area contributed by atoms with Crippen LogP contribution in [0.5, 0.6) is 0 Å². The van der Waals surface area contributed by atoms with E-state index in [0.717, 1.165) is 12.1 Å². The SMILES string of the molecule is CCN(CC/C(N)=N/O)C(=O)c1ccc(C(F)(F)F)cn1. The fourth-order valence-electron chi connectivity index (χ4n) is 1.55. The minimum atomic E-state index is -4.49. The molecule has 1 rings (SSSR count). The van der Waals surface area contributed by atoms with Gasteiger partial charge in [0.05, 0.1) is 5.56 Å². The zero-order valence-electron chi connectivity index (χ0n) is 11.3.